The van der Waals surface area contributed by atoms with Crippen LogP contribution in [0.2, 0.25) is 0 Å². The Morgan fingerprint density at radius 3 is 2.26 bits per heavy atom. The minimum Gasteiger partial charge on any atom is -0.507 e. The monoisotopic (exact) mass is 458 g/mol. The molecule has 0 radical (unpaired) electrons. The molecule has 34 heavy (non-hydrogen) atoms. The standard InChI is InChI=1S/C27H26N2O5/c1-4-33-20-12-8-18(9-13-20)24-23(25(30)19-10-14-21(15-11-19)34-17(2)3)26(31)27(32)29(24)22-7-5-6-16-28-22/h5-17,24,30H,4H2,1-3H3. The number of Topliss-reactive ketones (excluding diaryl/α,β-unsaturated/α-hetero) is 1. The van der Waals surface area contributed by atoms with Crippen molar-refractivity contribution in [3.63, 3.8) is 0 Å². The number of aliphatic hydroxyl groups is 1. The summed E-state index contributed by atoms with van der Waals surface area (Å²) in [7, 11) is 0. The molecule has 1 aliphatic heterocycles. The van der Waals surface area contributed by atoms with Crippen molar-refractivity contribution >= 4 is 23.3 Å². The highest BCUT2D eigenvalue weighted by Crippen LogP contribution is 2.42. The summed E-state index contributed by atoms with van der Waals surface area (Å²) in [4.78, 5) is 31.9. The van der Waals surface area contributed by atoms with Gasteiger partial charge in [-0.2, -0.15) is 0 Å². The molecule has 2 heterocycles. The minimum atomic E-state index is -0.850. The maximum absolute atomic E-state index is 13.2. The van der Waals surface area contributed by atoms with Crippen LogP contribution >= 0.6 is 0 Å². The number of pyridine rings is 1. The van der Waals surface area contributed by atoms with E-state index in [4.69, 9.17) is 9.47 Å². The molecule has 1 aliphatic rings. The Kier molecular flexibility index (Phi) is 6.63. The number of hydrogen-bond donors (Lipinski definition) is 1. The number of aliphatic hydroxyl groups excluding tert-OH is 1. The van der Waals surface area contributed by atoms with Gasteiger partial charge < -0.3 is 14.6 Å². The number of carbonyl (C=O) groups is 2. The molecule has 0 saturated carbocycles. The third-order valence-corrected chi connectivity index (χ3v) is 5.35. The van der Waals surface area contributed by atoms with Crippen LogP contribution in [-0.4, -0.2) is 34.5 Å². The fraction of sp³-hybridized carbons (Fsp3) is 0.222. The normalized spacial score (nSPS) is 17.3. The van der Waals surface area contributed by atoms with Gasteiger partial charge in [-0.1, -0.05) is 18.2 Å². The van der Waals surface area contributed by atoms with Crippen LogP contribution in [0.15, 0.2) is 78.5 Å². The van der Waals surface area contributed by atoms with E-state index in [-0.39, 0.29) is 17.4 Å². The summed E-state index contributed by atoms with van der Waals surface area (Å²) in [5.41, 5.74) is 1.05. The smallest absolute Gasteiger partial charge is 0.301 e. The Morgan fingerprint density at radius 2 is 1.68 bits per heavy atom. The first-order valence-electron chi connectivity index (χ1n) is 11.1. The largest absolute Gasteiger partial charge is 0.507 e. The van der Waals surface area contributed by atoms with Crippen LogP contribution in [0.4, 0.5) is 5.82 Å². The van der Waals surface area contributed by atoms with E-state index in [0.717, 1.165) is 0 Å². The van der Waals surface area contributed by atoms with Gasteiger partial charge in [-0.25, -0.2) is 4.98 Å². The van der Waals surface area contributed by atoms with Gasteiger partial charge in [0.2, 0.25) is 0 Å². The van der Waals surface area contributed by atoms with Gasteiger partial charge in [0.15, 0.2) is 0 Å². The van der Waals surface area contributed by atoms with Crippen molar-refractivity contribution in [3.8, 4) is 11.5 Å². The highest BCUT2D eigenvalue weighted by molar-refractivity contribution is 6.51. The number of hydrogen-bond acceptors (Lipinski definition) is 6. The summed E-state index contributed by atoms with van der Waals surface area (Å²) in [6, 6.07) is 18.2. The van der Waals surface area contributed by atoms with Crippen molar-refractivity contribution in [1.29, 1.82) is 0 Å². The molecule has 7 nitrogen and oxygen atoms in total. The van der Waals surface area contributed by atoms with Crippen LogP contribution in [0.25, 0.3) is 5.76 Å². The van der Waals surface area contributed by atoms with Crippen LogP contribution in [0, 0.1) is 0 Å². The molecule has 0 bridgehead atoms. The van der Waals surface area contributed by atoms with Crippen LogP contribution in [0.5, 0.6) is 11.5 Å². The predicted octanol–water partition coefficient (Wildman–Crippen LogP) is 4.89. The summed E-state index contributed by atoms with van der Waals surface area (Å²) >= 11 is 0. The molecule has 0 spiro atoms. The lowest BCUT2D eigenvalue weighted by molar-refractivity contribution is -0.132. The first-order chi connectivity index (χ1) is 16.4. The van der Waals surface area contributed by atoms with E-state index in [9.17, 15) is 14.7 Å². The summed E-state index contributed by atoms with van der Waals surface area (Å²) in [5.74, 6) is -0.149. The van der Waals surface area contributed by atoms with Gasteiger partial charge in [-0.15, -0.1) is 0 Å². The molecule has 2 aromatic carbocycles. The van der Waals surface area contributed by atoms with E-state index in [1.54, 1.807) is 72.9 Å². The van der Waals surface area contributed by atoms with E-state index >= 15 is 0 Å². The maximum atomic E-state index is 13.2. The van der Waals surface area contributed by atoms with Gasteiger partial charge in [-0.3, -0.25) is 14.5 Å². The van der Waals surface area contributed by atoms with Crippen molar-refractivity contribution in [2.75, 3.05) is 11.5 Å². The molecule has 174 valence electrons. The number of anilines is 1. The summed E-state index contributed by atoms with van der Waals surface area (Å²) in [6.45, 7) is 6.25. The lowest BCUT2D eigenvalue weighted by Crippen LogP contribution is -2.30. The molecule has 1 amide bonds. The summed E-state index contributed by atoms with van der Waals surface area (Å²) < 4.78 is 11.2. The van der Waals surface area contributed by atoms with Crippen molar-refractivity contribution in [2.24, 2.45) is 0 Å². The lowest BCUT2D eigenvalue weighted by atomic mass is 9.95. The molecule has 4 rings (SSSR count). The first-order valence-corrected chi connectivity index (χ1v) is 11.1. The quantitative estimate of drug-likeness (QED) is 0.308. The van der Waals surface area contributed by atoms with Crippen molar-refractivity contribution in [1.82, 2.24) is 4.98 Å². The third-order valence-electron chi connectivity index (χ3n) is 5.35. The highest BCUT2D eigenvalue weighted by Gasteiger charge is 2.47. The maximum Gasteiger partial charge on any atom is 0.301 e. The van der Waals surface area contributed by atoms with Crippen molar-refractivity contribution < 1.29 is 24.2 Å². The third kappa shape index (κ3) is 4.50. The molecule has 1 N–H and O–H groups in total. The second kappa shape index (κ2) is 9.79. The second-order valence-electron chi connectivity index (χ2n) is 8.05. The Bertz CT molecular complexity index is 1200. The lowest BCUT2D eigenvalue weighted by Gasteiger charge is -2.24. The fourth-order valence-corrected chi connectivity index (χ4v) is 3.91. The van der Waals surface area contributed by atoms with E-state index in [1.807, 2.05) is 20.8 Å². The van der Waals surface area contributed by atoms with E-state index in [2.05, 4.69) is 4.98 Å². The Labute approximate surface area is 198 Å². The zero-order chi connectivity index (χ0) is 24.2. The van der Waals surface area contributed by atoms with Gasteiger partial charge in [-0.05, 0) is 74.9 Å². The highest BCUT2D eigenvalue weighted by atomic mass is 16.5. The molecule has 0 aliphatic carbocycles. The average molecular weight is 459 g/mol. The number of carbonyl (C=O) groups excluding carboxylic acids is 2. The van der Waals surface area contributed by atoms with Gasteiger partial charge in [0.05, 0.1) is 24.3 Å². The molecule has 3 aromatic rings. The summed E-state index contributed by atoms with van der Waals surface area (Å²) in [5, 5.41) is 11.2. The summed E-state index contributed by atoms with van der Waals surface area (Å²) in [6.07, 6.45) is 1.56. The van der Waals surface area contributed by atoms with Crippen LogP contribution in [-0.2, 0) is 9.59 Å². The van der Waals surface area contributed by atoms with E-state index in [0.29, 0.717) is 35.1 Å². The first kappa shape index (κ1) is 23.0. The van der Waals surface area contributed by atoms with E-state index in [1.165, 1.54) is 4.90 Å². The SMILES string of the molecule is CCOc1ccc(C2C(=C(O)c3ccc(OC(C)C)cc3)C(=O)C(=O)N2c2ccccn2)cc1. The van der Waals surface area contributed by atoms with Gasteiger partial charge >= 0.3 is 5.91 Å². The molecule has 1 aromatic heterocycles. The average Bonchev–Trinajstić information content (AvgIpc) is 3.10. The fourth-order valence-electron chi connectivity index (χ4n) is 3.91. The van der Waals surface area contributed by atoms with Gasteiger partial charge in [0.25, 0.3) is 5.78 Å². The number of aromatic nitrogens is 1. The zero-order valence-corrected chi connectivity index (χ0v) is 19.3. The molecule has 1 fully saturated rings. The van der Waals surface area contributed by atoms with Crippen LogP contribution in [0.1, 0.15) is 37.9 Å². The minimum absolute atomic E-state index is 0.00246. The van der Waals surface area contributed by atoms with Crippen LogP contribution < -0.4 is 14.4 Å². The topological polar surface area (TPSA) is 89.0 Å². The number of ketones is 1. The van der Waals surface area contributed by atoms with Gasteiger partial charge in [0, 0.05) is 11.8 Å². The molecule has 1 saturated heterocycles. The number of rotatable bonds is 7. The Morgan fingerprint density at radius 1 is 1.00 bits per heavy atom. The molecule has 1 atom stereocenters. The Hall–Kier alpha value is -4.13. The van der Waals surface area contributed by atoms with Crippen molar-refractivity contribution in [2.45, 2.75) is 32.9 Å². The number of ether oxygens (including phenoxy) is 2. The second-order valence-corrected chi connectivity index (χ2v) is 8.05. The number of nitrogens with zero attached hydrogens (tertiary/aromatic N) is 2. The van der Waals surface area contributed by atoms with Gasteiger partial charge in [0.1, 0.15) is 23.1 Å². The predicted molar refractivity (Wildman–Crippen MR) is 129 cm³/mol. The Balaban J connectivity index is 1.83. The molecular formula is C27H26N2O5. The molecule has 7 heteroatoms. The zero-order valence-electron chi connectivity index (χ0n) is 19.3. The molecule has 1 unspecified atom stereocenters. The molecular weight excluding hydrogens is 432 g/mol. The van der Waals surface area contributed by atoms with E-state index < -0.39 is 17.7 Å². The van der Waals surface area contributed by atoms with Crippen LogP contribution in [0.3, 0.4) is 0 Å². The number of amides is 1. The number of benzene rings is 2. The van der Waals surface area contributed by atoms with Crippen molar-refractivity contribution in [3.05, 3.63) is 89.6 Å².